The zero-order valence-electron chi connectivity index (χ0n) is 14.1. The molecule has 0 fully saturated rings. The highest BCUT2D eigenvalue weighted by Gasteiger charge is 2.27. The van der Waals surface area contributed by atoms with Crippen LogP contribution in [-0.4, -0.2) is 5.78 Å². The van der Waals surface area contributed by atoms with E-state index in [2.05, 4.69) is 31.9 Å². The minimum absolute atomic E-state index is 0.121. The number of Topliss-reactive ketones (excluding diaryl/α,β-unsaturated/α-hetero) is 1. The van der Waals surface area contributed by atoms with Crippen LogP contribution in [0.3, 0.4) is 0 Å². The number of benzene rings is 3. The Balaban J connectivity index is 1.51. The number of carbonyl (C=O) groups excluding carboxylic acids is 1. The minimum Gasteiger partial charge on any atom is -0.489 e. The van der Waals surface area contributed by atoms with Crippen LogP contribution in [0.15, 0.2) is 81.4 Å². The molecule has 0 aromatic heterocycles. The first-order valence-electron chi connectivity index (χ1n) is 8.29. The Morgan fingerprint density at radius 3 is 2.52 bits per heavy atom. The van der Waals surface area contributed by atoms with Crippen molar-refractivity contribution in [3.63, 3.8) is 0 Å². The summed E-state index contributed by atoms with van der Waals surface area (Å²) >= 11 is 6.85. The molecule has 0 unspecified atom stereocenters. The van der Waals surface area contributed by atoms with E-state index in [0.29, 0.717) is 29.4 Å². The molecule has 0 saturated carbocycles. The van der Waals surface area contributed by atoms with Crippen LogP contribution in [0.4, 0.5) is 0 Å². The zero-order valence-corrected chi connectivity index (χ0v) is 17.3. The molecular formula is C22H14Br2O3. The lowest BCUT2D eigenvalue weighted by molar-refractivity contribution is 0.101. The number of hydrogen-bond donors (Lipinski definition) is 0. The maximum absolute atomic E-state index is 12.6. The highest BCUT2D eigenvalue weighted by Crippen LogP contribution is 2.35. The number of hydrogen-bond acceptors (Lipinski definition) is 3. The first-order chi connectivity index (χ1) is 13.1. The molecule has 5 heteroatoms. The Bertz CT molecular complexity index is 1040. The lowest BCUT2D eigenvalue weighted by Crippen LogP contribution is -1.98. The van der Waals surface area contributed by atoms with E-state index in [0.717, 1.165) is 20.1 Å². The molecule has 3 nitrogen and oxygen atoms in total. The van der Waals surface area contributed by atoms with Crippen molar-refractivity contribution >= 4 is 43.7 Å². The SMILES string of the molecule is O=C1C(=Cc2cccc(Br)c2)Oc2cc(OCc3ccc(Br)cc3)ccc21. The number of carbonyl (C=O) groups is 1. The molecule has 1 aliphatic rings. The molecule has 0 saturated heterocycles. The summed E-state index contributed by atoms with van der Waals surface area (Å²) in [5.41, 5.74) is 2.51. The van der Waals surface area contributed by atoms with Gasteiger partial charge in [-0.2, -0.15) is 0 Å². The van der Waals surface area contributed by atoms with Crippen molar-refractivity contribution in [1.29, 1.82) is 0 Å². The molecule has 0 N–H and O–H groups in total. The van der Waals surface area contributed by atoms with Crippen LogP contribution in [0.5, 0.6) is 11.5 Å². The van der Waals surface area contributed by atoms with Gasteiger partial charge in [-0.15, -0.1) is 0 Å². The second-order valence-electron chi connectivity index (χ2n) is 6.07. The number of rotatable bonds is 4. The maximum atomic E-state index is 12.6. The quantitative estimate of drug-likeness (QED) is 0.400. The summed E-state index contributed by atoms with van der Waals surface area (Å²) in [6.45, 7) is 0.445. The molecular weight excluding hydrogens is 472 g/mol. The Labute approximate surface area is 173 Å². The van der Waals surface area contributed by atoms with E-state index in [-0.39, 0.29) is 5.78 Å². The van der Waals surface area contributed by atoms with Gasteiger partial charge < -0.3 is 9.47 Å². The molecule has 1 heterocycles. The van der Waals surface area contributed by atoms with Crippen LogP contribution in [0.25, 0.3) is 6.08 Å². The van der Waals surface area contributed by atoms with Crippen molar-refractivity contribution in [1.82, 2.24) is 0 Å². The number of ketones is 1. The molecule has 0 atom stereocenters. The average Bonchev–Trinajstić information content (AvgIpc) is 2.96. The van der Waals surface area contributed by atoms with Gasteiger partial charge in [-0.25, -0.2) is 0 Å². The minimum atomic E-state index is -0.121. The zero-order chi connectivity index (χ0) is 18.8. The second-order valence-corrected chi connectivity index (χ2v) is 7.90. The molecule has 3 aromatic rings. The number of allylic oxidation sites excluding steroid dienone is 1. The number of ether oxygens (including phenoxy) is 2. The average molecular weight is 486 g/mol. The van der Waals surface area contributed by atoms with E-state index in [1.807, 2.05) is 48.5 Å². The number of fused-ring (bicyclic) bond motifs is 1. The van der Waals surface area contributed by atoms with Gasteiger partial charge in [0.25, 0.3) is 0 Å². The van der Waals surface area contributed by atoms with Crippen molar-refractivity contribution in [2.24, 2.45) is 0 Å². The van der Waals surface area contributed by atoms with Gasteiger partial charge in [-0.05, 0) is 53.6 Å². The molecule has 27 heavy (non-hydrogen) atoms. The second kappa shape index (κ2) is 7.71. The maximum Gasteiger partial charge on any atom is 0.231 e. The van der Waals surface area contributed by atoms with Gasteiger partial charge in [0.05, 0.1) is 5.56 Å². The van der Waals surface area contributed by atoms with Crippen LogP contribution in [-0.2, 0) is 6.61 Å². The van der Waals surface area contributed by atoms with Crippen molar-refractivity contribution < 1.29 is 14.3 Å². The third-order valence-electron chi connectivity index (χ3n) is 4.11. The van der Waals surface area contributed by atoms with Gasteiger partial charge >= 0.3 is 0 Å². The van der Waals surface area contributed by atoms with E-state index in [9.17, 15) is 4.79 Å². The topological polar surface area (TPSA) is 35.5 Å². The van der Waals surface area contributed by atoms with Crippen LogP contribution >= 0.6 is 31.9 Å². The fraction of sp³-hybridized carbons (Fsp3) is 0.0455. The summed E-state index contributed by atoms with van der Waals surface area (Å²) in [6.07, 6.45) is 1.75. The normalized spacial score (nSPS) is 14.1. The molecule has 0 radical (unpaired) electrons. The van der Waals surface area contributed by atoms with E-state index >= 15 is 0 Å². The summed E-state index contributed by atoms with van der Waals surface area (Å²) < 4.78 is 13.6. The van der Waals surface area contributed by atoms with Crippen molar-refractivity contribution in [3.8, 4) is 11.5 Å². The monoisotopic (exact) mass is 484 g/mol. The highest BCUT2D eigenvalue weighted by molar-refractivity contribution is 9.10. The van der Waals surface area contributed by atoms with Gasteiger partial charge in [0, 0.05) is 15.0 Å². The van der Waals surface area contributed by atoms with Gasteiger partial charge in [-0.3, -0.25) is 4.79 Å². The van der Waals surface area contributed by atoms with Crippen LogP contribution in [0.2, 0.25) is 0 Å². The third kappa shape index (κ3) is 4.15. The van der Waals surface area contributed by atoms with Gasteiger partial charge in [0.2, 0.25) is 5.78 Å². The van der Waals surface area contributed by atoms with Crippen molar-refractivity contribution in [2.45, 2.75) is 6.61 Å². The van der Waals surface area contributed by atoms with Crippen LogP contribution in [0.1, 0.15) is 21.5 Å². The van der Waals surface area contributed by atoms with E-state index in [1.165, 1.54) is 0 Å². The Morgan fingerprint density at radius 1 is 0.926 bits per heavy atom. The Morgan fingerprint density at radius 2 is 1.74 bits per heavy atom. The molecule has 0 amide bonds. The summed E-state index contributed by atoms with van der Waals surface area (Å²) in [7, 11) is 0. The lowest BCUT2D eigenvalue weighted by atomic mass is 10.1. The molecule has 134 valence electrons. The third-order valence-corrected chi connectivity index (χ3v) is 5.13. The van der Waals surface area contributed by atoms with Gasteiger partial charge in [0.15, 0.2) is 5.76 Å². The van der Waals surface area contributed by atoms with Crippen LogP contribution in [0, 0.1) is 0 Å². The molecule has 3 aromatic carbocycles. The molecule has 0 bridgehead atoms. The number of halogens is 2. The lowest BCUT2D eigenvalue weighted by Gasteiger charge is -2.07. The Hall–Kier alpha value is -2.37. The summed E-state index contributed by atoms with van der Waals surface area (Å²) in [5, 5.41) is 0. The molecule has 0 spiro atoms. The van der Waals surface area contributed by atoms with Gasteiger partial charge in [-0.1, -0.05) is 56.1 Å². The fourth-order valence-corrected chi connectivity index (χ4v) is 3.43. The van der Waals surface area contributed by atoms with Crippen molar-refractivity contribution in [3.05, 3.63) is 98.1 Å². The fourth-order valence-electron chi connectivity index (χ4n) is 2.75. The van der Waals surface area contributed by atoms with Gasteiger partial charge in [0.1, 0.15) is 18.1 Å². The van der Waals surface area contributed by atoms with E-state index in [1.54, 1.807) is 24.3 Å². The first-order valence-corrected chi connectivity index (χ1v) is 9.88. The van der Waals surface area contributed by atoms with Crippen molar-refractivity contribution in [2.75, 3.05) is 0 Å². The summed E-state index contributed by atoms with van der Waals surface area (Å²) in [4.78, 5) is 12.6. The first kappa shape index (κ1) is 18.0. The largest absolute Gasteiger partial charge is 0.489 e. The summed E-state index contributed by atoms with van der Waals surface area (Å²) in [6, 6.07) is 20.9. The van der Waals surface area contributed by atoms with E-state index < -0.39 is 0 Å². The molecule has 4 rings (SSSR count). The van der Waals surface area contributed by atoms with Crippen LogP contribution < -0.4 is 9.47 Å². The molecule has 1 aliphatic heterocycles. The highest BCUT2D eigenvalue weighted by atomic mass is 79.9. The smallest absolute Gasteiger partial charge is 0.231 e. The predicted molar refractivity (Wildman–Crippen MR) is 112 cm³/mol. The Kier molecular flexibility index (Phi) is 5.14. The summed E-state index contributed by atoms with van der Waals surface area (Å²) in [5.74, 6) is 1.38. The molecule has 0 aliphatic carbocycles. The standard InChI is InChI=1S/C22H14Br2O3/c23-16-6-4-14(5-7-16)13-26-18-8-9-19-20(12-18)27-21(22(19)25)11-15-2-1-3-17(24)10-15/h1-12H,13H2. The van der Waals surface area contributed by atoms with E-state index in [4.69, 9.17) is 9.47 Å². The predicted octanol–water partition coefficient (Wildman–Crippen LogP) is 6.41.